The Morgan fingerprint density at radius 1 is 1.06 bits per heavy atom. The van der Waals surface area contributed by atoms with E-state index in [0.29, 0.717) is 42.3 Å². The van der Waals surface area contributed by atoms with Crippen LogP contribution < -0.4 is 15.4 Å². The second-order valence-electron chi connectivity index (χ2n) is 9.32. The van der Waals surface area contributed by atoms with Gasteiger partial charge in [-0.2, -0.15) is 10.2 Å². The molecule has 1 aromatic heterocycles. The summed E-state index contributed by atoms with van der Waals surface area (Å²) >= 11 is 0. The van der Waals surface area contributed by atoms with Crippen LogP contribution in [0, 0.1) is 28.6 Å². The molecular weight excluding hydrogens is 426 g/mol. The van der Waals surface area contributed by atoms with Crippen molar-refractivity contribution in [3.63, 3.8) is 0 Å². The van der Waals surface area contributed by atoms with Gasteiger partial charge < -0.3 is 20.5 Å². The molecule has 0 radical (unpaired) electrons. The summed E-state index contributed by atoms with van der Waals surface area (Å²) < 4.78 is 5.84. The zero-order valence-corrected chi connectivity index (χ0v) is 19.7. The first-order chi connectivity index (χ1) is 16.5. The number of para-hydroxylation sites is 1. The molecule has 1 fully saturated rings. The van der Waals surface area contributed by atoms with E-state index in [9.17, 15) is 10.4 Å². The number of aromatic nitrogens is 2. The first-order valence-corrected chi connectivity index (χ1v) is 11.7. The topological polar surface area (TPSA) is 103 Å². The van der Waals surface area contributed by atoms with Crippen LogP contribution >= 0.6 is 0 Å². The highest BCUT2D eigenvalue weighted by Gasteiger charge is 2.47. The Morgan fingerprint density at radius 2 is 1.79 bits per heavy atom. The van der Waals surface area contributed by atoms with Gasteiger partial charge in [0.05, 0.1) is 6.20 Å². The van der Waals surface area contributed by atoms with Gasteiger partial charge in [-0.15, -0.1) is 0 Å². The molecule has 2 aromatic carbocycles. The van der Waals surface area contributed by atoms with E-state index in [1.54, 1.807) is 6.20 Å². The molecule has 3 N–H and O–H groups in total. The third kappa shape index (κ3) is 5.46. The average molecular weight is 458 g/mol. The van der Waals surface area contributed by atoms with Crippen LogP contribution in [0.3, 0.4) is 0 Å². The summed E-state index contributed by atoms with van der Waals surface area (Å²) in [5.41, 5.74) is 1.67. The van der Waals surface area contributed by atoms with Crippen LogP contribution in [0.5, 0.6) is 11.5 Å². The van der Waals surface area contributed by atoms with Crippen molar-refractivity contribution in [2.24, 2.45) is 17.3 Å². The van der Waals surface area contributed by atoms with Crippen molar-refractivity contribution in [2.75, 3.05) is 30.3 Å². The van der Waals surface area contributed by atoms with Crippen LogP contribution in [0.15, 0.2) is 60.8 Å². The van der Waals surface area contributed by atoms with Gasteiger partial charge in [-0.05, 0) is 59.9 Å². The van der Waals surface area contributed by atoms with Crippen molar-refractivity contribution in [1.29, 1.82) is 5.26 Å². The molecule has 1 aliphatic carbocycles. The summed E-state index contributed by atoms with van der Waals surface area (Å²) in [6.45, 7) is 5.96. The molecule has 7 nitrogen and oxygen atoms in total. The largest absolute Gasteiger partial charge is 0.457 e. The molecule has 0 unspecified atom stereocenters. The lowest BCUT2D eigenvalue weighted by molar-refractivity contribution is -0.0442. The predicted octanol–water partition coefficient (Wildman–Crippen LogP) is 4.86. The van der Waals surface area contributed by atoms with Gasteiger partial charge in [-0.1, -0.05) is 44.2 Å². The molecule has 1 heterocycles. The Balaban J connectivity index is 1.29. The molecule has 0 bridgehead atoms. The van der Waals surface area contributed by atoms with E-state index in [0.717, 1.165) is 24.3 Å². The number of hydrogen-bond acceptors (Lipinski definition) is 7. The molecule has 1 saturated carbocycles. The number of aliphatic hydroxyl groups is 1. The highest BCUT2D eigenvalue weighted by molar-refractivity contribution is 5.53. The maximum absolute atomic E-state index is 9.48. The standard InChI is InChI=1S/C27H31N5O2/c1-27(2)21(14-22(27)18-33)17-30-25-20(15-28)16-31-26(32-25)29-13-12-19-8-10-24(11-9-19)34-23-6-4-3-5-7-23/h3-11,16,21-22,33H,12-14,17-18H2,1-2H3,(H2,29,30,31,32)/t21-,22+/m0/s1. The van der Waals surface area contributed by atoms with Gasteiger partial charge in [0, 0.05) is 19.7 Å². The smallest absolute Gasteiger partial charge is 0.224 e. The number of rotatable bonds is 10. The first-order valence-electron chi connectivity index (χ1n) is 11.7. The maximum Gasteiger partial charge on any atom is 0.224 e. The van der Waals surface area contributed by atoms with Crippen LogP contribution in [-0.2, 0) is 6.42 Å². The van der Waals surface area contributed by atoms with Gasteiger partial charge in [0.1, 0.15) is 28.9 Å². The van der Waals surface area contributed by atoms with Gasteiger partial charge in [0.25, 0.3) is 0 Å². The number of benzene rings is 2. The van der Waals surface area contributed by atoms with E-state index in [1.165, 1.54) is 5.56 Å². The normalized spacial score (nSPS) is 18.4. The van der Waals surface area contributed by atoms with E-state index in [-0.39, 0.29) is 12.0 Å². The fourth-order valence-corrected chi connectivity index (χ4v) is 4.35. The summed E-state index contributed by atoms with van der Waals surface area (Å²) in [5, 5.41) is 25.5. The third-order valence-electron chi connectivity index (χ3n) is 6.92. The van der Waals surface area contributed by atoms with Gasteiger partial charge in [-0.3, -0.25) is 0 Å². The van der Waals surface area contributed by atoms with Crippen molar-refractivity contribution < 1.29 is 9.84 Å². The fourth-order valence-electron chi connectivity index (χ4n) is 4.35. The van der Waals surface area contributed by atoms with E-state index in [4.69, 9.17) is 4.74 Å². The molecule has 34 heavy (non-hydrogen) atoms. The number of nitriles is 1. The number of nitrogens with one attached hydrogen (secondary N) is 2. The summed E-state index contributed by atoms with van der Waals surface area (Å²) in [4.78, 5) is 8.81. The lowest BCUT2D eigenvalue weighted by Crippen LogP contribution is -2.49. The quantitative estimate of drug-likeness (QED) is 0.399. The fraction of sp³-hybridized carbons (Fsp3) is 0.370. The summed E-state index contributed by atoms with van der Waals surface area (Å²) in [6, 6.07) is 19.9. The molecule has 4 rings (SSSR count). The second kappa shape index (κ2) is 10.5. The molecule has 0 amide bonds. The number of aliphatic hydroxyl groups excluding tert-OH is 1. The lowest BCUT2D eigenvalue weighted by atomic mass is 9.55. The van der Waals surface area contributed by atoms with Crippen molar-refractivity contribution in [2.45, 2.75) is 26.7 Å². The van der Waals surface area contributed by atoms with Gasteiger partial charge in [-0.25, -0.2) is 4.98 Å². The van der Waals surface area contributed by atoms with Crippen molar-refractivity contribution in [3.8, 4) is 17.6 Å². The molecule has 176 valence electrons. The Bertz CT molecular complexity index is 1130. The summed E-state index contributed by atoms with van der Waals surface area (Å²) in [7, 11) is 0. The number of anilines is 2. The SMILES string of the molecule is CC1(C)[C@H](CNc2nc(NCCc3ccc(Oc4ccccc4)cc3)ncc2C#N)C[C@@H]1CO. The minimum absolute atomic E-state index is 0.0738. The molecule has 2 atom stereocenters. The number of nitrogens with zero attached hydrogens (tertiary/aromatic N) is 3. The van der Waals surface area contributed by atoms with E-state index in [2.05, 4.69) is 40.5 Å². The zero-order valence-electron chi connectivity index (χ0n) is 19.7. The molecular formula is C27H31N5O2. The Morgan fingerprint density at radius 3 is 2.47 bits per heavy atom. The van der Waals surface area contributed by atoms with Crippen LogP contribution in [0.4, 0.5) is 11.8 Å². The van der Waals surface area contributed by atoms with Crippen molar-refractivity contribution in [3.05, 3.63) is 71.9 Å². The average Bonchev–Trinajstić information content (AvgIpc) is 2.85. The maximum atomic E-state index is 9.48. The molecule has 7 heteroatoms. The molecule has 1 aliphatic rings. The number of ether oxygens (including phenoxy) is 1. The third-order valence-corrected chi connectivity index (χ3v) is 6.92. The first kappa shape index (κ1) is 23.5. The van der Waals surface area contributed by atoms with E-state index in [1.807, 2.05) is 54.6 Å². The monoisotopic (exact) mass is 457 g/mol. The Labute approximate surface area is 200 Å². The molecule has 0 aliphatic heterocycles. The minimum atomic E-state index is 0.0738. The molecule has 0 saturated heterocycles. The van der Waals surface area contributed by atoms with Crippen LogP contribution in [-0.4, -0.2) is 34.8 Å². The molecule has 0 spiro atoms. The highest BCUT2D eigenvalue weighted by atomic mass is 16.5. The van der Waals surface area contributed by atoms with E-state index >= 15 is 0 Å². The van der Waals surface area contributed by atoms with Crippen LogP contribution in [0.2, 0.25) is 0 Å². The minimum Gasteiger partial charge on any atom is -0.457 e. The van der Waals surface area contributed by atoms with Crippen LogP contribution in [0.1, 0.15) is 31.4 Å². The Kier molecular flexibility index (Phi) is 7.29. The van der Waals surface area contributed by atoms with Gasteiger partial charge >= 0.3 is 0 Å². The van der Waals surface area contributed by atoms with Crippen LogP contribution in [0.25, 0.3) is 0 Å². The Hall–Kier alpha value is -3.63. The molecule has 3 aromatic rings. The highest BCUT2D eigenvalue weighted by Crippen LogP contribution is 2.50. The number of hydrogen-bond donors (Lipinski definition) is 3. The summed E-state index contributed by atoms with van der Waals surface area (Å²) in [6.07, 6.45) is 3.33. The zero-order chi connectivity index (χ0) is 24.0. The second-order valence-corrected chi connectivity index (χ2v) is 9.32. The summed E-state index contributed by atoms with van der Waals surface area (Å²) in [5.74, 6) is 3.41. The van der Waals surface area contributed by atoms with Gasteiger partial charge in [0.2, 0.25) is 5.95 Å². The van der Waals surface area contributed by atoms with Gasteiger partial charge in [0.15, 0.2) is 0 Å². The van der Waals surface area contributed by atoms with Crippen molar-refractivity contribution in [1.82, 2.24) is 9.97 Å². The predicted molar refractivity (Wildman–Crippen MR) is 133 cm³/mol. The van der Waals surface area contributed by atoms with E-state index < -0.39 is 0 Å². The van der Waals surface area contributed by atoms with Crippen molar-refractivity contribution >= 4 is 11.8 Å². The lowest BCUT2D eigenvalue weighted by Gasteiger charge is -2.51.